The maximum atomic E-state index is 11.3. The molecule has 19 heavy (non-hydrogen) atoms. The van der Waals surface area contributed by atoms with E-state index in [0.717, 1.165) is 23.3 Å². The lowest BCUT2D eigenvalue weighted by molar-refractivity contribution is -0.121. The minimum absolute atomic E-state index is 0.106. The van der Waals surface area contributed by atoms with E-state index in [4.69, 9.17) is 9.84 Å². The topological polar surface area (TPSA) is 58.6 Å². The lowest BCUT2D eigenvalue weighted by atomic mass is 9.96. The summed E-state index contributed by atoms with van der Waals surface area (Å²) < 4.78 is 5.39. The van der Waals surface area contributed by atoms with Crippen LogP contribution in [0.5, 0.6) is 5.75 Å². The molecule has 0 fully saturated rings. The van der Waals surface area contributed by atoms with E-state index in [0.29, 0.717) is 6.54 Å². The molecular formula is C15H23NO3. The average Bonchev–Trinajstić information content (AvgIpc) is 2.36. The molecule has 0 unspecified atom stereocenters. The Bertz CT molecular complexity index is 455. The Labute approximate surface area is 114 Å². The Balaban J connectivity index is 2.72. The van der Waals surface area contributed by atoms with Gasteiger partial charge in [-0.25, -0.2) is 0 Å². The Hall–Kier alpha value is -1.55. The fourth-order valence-corrected chi connectivity index (χ4v) is 2.24. The van der Waals surface area contributed by atoms with Crippen LogP contribution in [0.2, 0.25) is 0 Å². The van der Waals surface area contributed by atoms with E-state index in [1.165, 1.54) is 11.1 Å². The summed E-state index contributed by atoms with van der Waals surface area (Å²) in [5.41, 5.74) is 4.69. The van der Waals surface area contributed by atoms with Gasteiger partial charge in [0.1, 0.15) is 5.75 Å². The van der Waals surface area contributed by atoms with Gasteiger partial charge in [-0.05, 0) is 49.4 Å². The number of carbonyl (C=O) groups excluding carboxylic acids is 1. The van der Waals surface area contributed by atoms with E-state index < -0.39 is 0 Å². The maximum Gasteiger partial charge on any atom is 0.222 e. The van der Waals surface area contributed by atoms with Gasteiger partial charge in [-0.1, -0.05) is 6.07 Å². The van der Waals surface area contributed by atoms with E-state index in [-0.39, 0.29) is 18.9 Å². The van der Waals surface area contributed by atoms with Crippen LogP contribution in [0.25, 0.3) is 0 Å². The number of rotatable bonds is 6. The van der Waals surface area contributed by atoms with Gasteiger partial charge in [0.2, 0.25) is 5.91 Å². The Morgan fingerprint density at radius 2 is 2.00 bits per heavy atom. The van der Waals surface area contributed by atoms with Crippen molar-refractivity contribution in [1.82, 2.24) is 5.32 Å². The minimum atomic E-state index is -0.109. The number of methoxy groups -OCH3 is 1. The summed E-state index contributed by atoms with van der Waals surface area (Å²) in [6.45, 7) is 6.63. The summed E-state index contributed by atoms with van der Waals surface area (Å²) in [6.07, 6.45) is 0.953. The number of aliphatic hydroxyl groups is 1. The van der Waals surface area contributed by atoms with Crippen LogP contribution >= 0.6 is 0 Å². The van der Waals surface area contributed by atoms with Crippen LogP contribution in [0.1, 0.15) is 28.7 Å². The Morgan fingerprint density at radius 1 is 1.32 bits per heavy atom. The summed E-state index contributed by atoms with van der Waals surface area (Å²) in [6, 6.07) is 2.11. The van der Waals surface area contributed by atoms with Crippen molar-refractivity contribution >= 4 is 5.91 Å². The van der Waals surface area contributed by atoms with Gasteiger partial charge in [-0.3, -0.25) is 4.79 Å². The lowest BCUT2D eigenvalue weighted by Crippen LogP contribution is -2.26. The first kappa shape index (κ1) is 15.5. The smallest absolute Gasteiger partial charge is 0.222 e. The summed E-state index contributed by atoms with van der Waals surface area (Å²) in [5.74, 6) is 0.827. The number of aryl methyl sites for hydroxylation is 1. The Morgan fingerprint density at radius 3 is 2.58 bits per heavy atom. The quantitative estimate of drug-likeness (QED) is 0.822. The molecule has 1 amide bonds. The monoisotopic (exact) mass is 265 g/mol. The molecule has 2 N–H and O–H groups in total. The predicted molar refractivity (Wildman–Crippen MR) is 75.6 cm³/mol. The van der Waals surface area contributed by atoms with Crippen LogP contribution in [0, 0.1) is 20.8 Å². The van der Waals surface area contributed by atoms with E-state index in [9.17, 15) is 4.79 Å². The molecule has 0 saturated carbocycles. The summed E-state index contributed by atoms with van der Waals surface area (Å²) in [4.78, 5) is 11.3. The van der Waals surface area contributed by atoms with Gasteiger partial charge >= 0.3 is 0 Å². The van der Waals surface area contributed by atoms with Crippen LogP contribution in [-0.4, -0.2) is 31.3 Å². The summed E-state index contributed by atoms with van der Waals surface area (Å²) in [5, 5.41) is 11.4. The van der Waals surface area contributed by atoms with E-state index in [2.05, 4.69) is 25.2 Å². The van der Waals surface area contributed by atoms with Crippen molar-refractivity contribution in [2.75, 3.05) is 20.3 Å². The van der Waals surface area contributed by atoms with Gasteiger partial charge < -0.3 is 15.2 Å². The predicted octanol–water partition coefficient (Wildman–Crippen LogP) is 1.66. The number of aliphatic hydroxyl groups excluding tert-OH is 1. The zero-order chi connectivity index (χ0) is 14.4. The average molecular weight is 265 g/mol. The zero-order valence-electron chi connectivity index (χ0n) is 12.2. The number of hydrogen-bond donors (Lipinski definition) is 2. The van der Waals surface area contributed by atoms with Gasteiger partial charge in [0, 0.05) is 13.0 Å². The second-order valence-corrected chi connectivity index (χ2v) is 4.71. The molecule has 1 aromatic rings. The van der Waals surface area contributed by atoms with Crippen LogP contribution in [0.4, 0.5) is 0 Å². The molecule has 0 saturated heterocycles. The Kier molecular flexibility index (Phi) is 5.83. The fraction of sp³-hybridized carbons (Fsp3) is 0.533. The molecule has 0 radical (unpaired) electrons. The van der Waals surface area contributed by atoms with E-state index in [1.54, 1.807) is 7.11 Å². The molecule has 0 bridgehead atoms. The van der Waals surface area contributed by atoms with Gasteiger partial charge in [-0.15, -0.1) is 0 Å². The molecule has 1 aromatic carbocycles. The molecule has 0 aromatic heterocycles. The molecule has 0 aliphatic carbocycles. The van der Waals surface area contributed by atoms with Crippen molar-refractivity contribution in [3.8, 4) is 5.75 Å². The molecule has 0 aliphatic rings. The van der Waals surface area contributed by atoms with Crippen molar-refractivity contribution in [1.29, 1.82) is 0 Å². The molecule has 4 nitrogen and oxygen atoms in total. The first-order valence-corrected chi connectivity index (χ1v) is 6.52. The second kappa shape index (κ2) is 7.14. The highest BCUT2D eigenvalue weighted by molar-refractivity contribution is 5.75. The van der Waals surface area contributed by atoms with Gasteiger partial charge in [0.25, 0.3) is 0 Å². The third-order valence-corrected chi connectivity index (χ3v) is 3.39. The van der Waals surface area contributed by atoms with E-state index >= 15 is 0 Å². The van der Waals surface area contributed by atoms with Crippen LogP contribution < -0.4 is 10.1 Å². The second-order valence-electron chi connectivity index (χ2n) is 4.71. The van der Waals surface area contributed by atoms with E-state index in [1.807, 2.05) is 6.92 Å². The third kappa shape index (κ3) is 3.96. The first-order valence-electron chi connectivity index (χ1n) is 6.52. The molecule has 0 heterocycles. The maximum absolute atomic E-state index is 11.3. The number of amides is 1. The fourth-order valence-electron chi connectivity index (χ4n) is 2.24. The van der Waals surface area contributed by atoms with Crippen LogP contribution in [0.15, 0.2) is 6.07 Å². The number of nitrogens with one attached hydrogen (secondary N) is 1. The van der Waals surface area contributed by atoms with Crippen LogP contribution in [-0.2, 0) is 11.2 Å². The lowest BCUT2D eigenvalue weighted by Gasteiger charge is -2.15. The highest BCUT2D eigenvalue weighted by Crippen LogP contribution is 2.28. The van der Waals surface area contributed by atoms with Crippen molar-refractivity contribution in [3.05, 3.63) is 28.3 Å². The van der Waals surface area contributed by atoms with Crippen molar-refractivity contribution in [2.45, 2.75) is 33.6 Å². The zero-order valence-corrected chi connectivity index (χ0v) is 12.2. The van der Waals surface area contributed by atoms with Crippen molar-refractivity contribution < 1.29 is 14.6 Å². The standard InChI is InChI=1S/C15H23NO3/c1-10-9-13(5-7-16-14(18)6-8-17)11(2)12(3)15(10)19-4/h9,17H,5-8H2,1-4H3,(H,16,18). The molecule has 106 valence electrons. The molecule has 4 heteroatoms. The summed E-state index contributed by atoms with van der Waals surface area (Å²) in [7, 11) is 1.68. The molecule has 1 rings (SSSR count). The van der Waals surface area contributed by atoms with Gasteiger partial charge in [0.15, 0.2) is 0 Å². The van der Waals surface area contributed by atoms with Gasteiger partial charge in [0.05, 0.1) is 13.7 Å². The number of benzene rings is 1. The highest BCUT2D eigenvalue weighted by Gasteiger charge is 2.10. The number of hydrogen-bond acceptors (Lipinski definition) is 3. The van der Waals surface area contributed by atoms with Crippen LogP contribution in [0.3, 0.4) is 0 Å². The van der Waals surface area contributed by atoms with Crippen molar-refractivity contribution in [3.63, 3.8) is 0 Å². The molecule has 0 spiro atoms. The largest absolute Gasteiger partial charge is 0.496 e. The number of ether oxygens (including phenoxy) is 1. The third-order valence-electron chi connectivity index (χ3n) is 3.39. The SMILES string of the molecule is COc1c(C)cc(CCNC(=O)CCO)c(C)c1C. The highest BCUT2D eigenvalue weighted by atomic mass is 16.5. The van der Waals surface area contributed by atoms with Crippen molar-refractivity contribution in [2.24, 2.45) is 0 Å². The van der Waals surface area contributed by atoms with Gasteiger partial charge in [-0.2, -0.15) is 0 Å². The number of carbonyl (C=O) groups is 1. The summed E-state index contributed by atoms with van der Waals surface area (Å²) >= 11 is 0. The normalized spacial score (nSPS) is 10.4. The molecular weight excluding hydrogens is 242 g/mol. The molecule has 0 aliphatic heterocycles. The minimum Gasteiger partial charge on any atom is -0.496 e. The molecule has 0 atom stereocenters. The first-order chi connectivity index (χ1) is 9.01.